The van der Waals surface area contributed by atoms with Crippen LogP contribution in [-0.2, 0) is 14.8 Å². The Hall–Kier alpha value is -1.42. The highest BCUT2D eigenvalue weighted by Gasteiger charge is 2.32. The van der Waals surface area contributed by atoms with Gasteiger partial charge in [-0.3, -0.25) is 0 Å². The lowest BCUT2D eigenvalue weighted by atomic mass is 10.1. The monoisotopic (exact) mass is 325 g/mol. The third-order valence-electron chi connectivity index (χ3n) is 3.71. The molecule has 1 atom stereocenters. The van der Waals surface area contributed by atoms with E-state index in [0.29, 0.717) is 18.0 Å². The van der Waals surface area contributed by atoms with Gasteiger partial charge in [0.05, 0.1) is 18.4 Å². The number of ether oxygens (including phenoxy) is 1. The van der Waals surface area contributed by atoms with Gasteiger partial charge in [0.1, 0.15) is 5.82 Å². The first kappa shape index (κ1) is 16.9. The van der Waals surface area contributed by atoms with Crippen molar-refractivity contribution in [3.05, 3.63) is 35.6 Å². The third-order valence-corrected chi connectivity index (χ3v) is 5.50. The van der Waals surface area contributed by atoms with Crippen LogP contribution in [0.25, 0.3) is 0 Å². The number of hydrogen-bond acceptors (Lipinski definition) is 3. The van der Waals surface area contributed by atoms with Gasteiger partial charge in [-0.15, -0.1) is 6.42 Å². The quantitative estimate of drug-likeness (QED) is 0.688. The number of methoxy groups -OCH3 is 1. The van der Waals surface area contributed by atoms with Crippen LogP contribution < -0.4 is 0 Å². The molecule has 0 heterocycles. The van der Waals surface area contributed by atoms with Gasteiger partial charge in [-0.1, -0.05) is 18.1 Å². The van der Waals surface area contributed by atoms with Gasteiger partial charge in [-0.2, -0.15) is 4.31 Å². The maximum absolute atomic E-state index is 13.0. The van der Waals surface area contributed by atoms with Crippen molar-refractivity contribution in [2.75, 3.05) is 26.0 Å². The summed E-state index contributed by atoms with van der Waals surface area (Å²) in [7, 11) is -2.10. The Morgan fingerprint density at radius 3 is 2.55 bits per heavy atom. The molecule has 0 saturated heterocycles. The van der Waals surface area contributed by atoms with Crippen LogP contribution in [0, 0.1) is 24.1 Å². The fourth-order valence-electron chi connectivity index (χ4n) is 2.24. The highest BCUT2D eigenvalue weighted by molar-refractivity contribution is 7.89. The fraction of sp³-hybridized carbons (Fsp3) is 0.500. The van der Waals surface area contributed by atoms with Crippen molar-refractivity contribution in [1.82, 2.24) is 4.31 Å². The summed E-state index contributed by atoms with van der Waals surface area (Å²) in [6.45, 7) is 0.533. The van der Waals surface area contributed by atoms with E-state index in [-0.39, 0.29) is 18.1 Å². The molecule has 4 nitrogen and oxygen atoms in total. The summed E-state index contributed by atoms with van der Waals surface area (Å²) in [4.78, 5) is 0. The summed E-state index contributed by atoms with van der Waals surface area (Å²) in [6, 6.07) is 5.64. The van der Waals surface area contributed by atoms with Gasteiger partial charge in [0.15, 0.2) is 0 Å². The summed E-state index contributed by atoms with van der Waals surface area (Å²) < 4.78 is 44.7. The fourth-order valence-corrected chi connectivity index (χ4v) is 3.87. The molecule has 0 aromatic heterocycles. The van der Waals surface area contributed by atoms with Crippen LogP contribution in [0.2, 0.25) is 0 Å². The molecule has 1 aromatic rings. The molecule has 0 radical (unpaired) electrons. The highest BCUT2D eigenvalue weighted by atomic mass is 32.2. The minimum Gasteiger partial charge on any atom is -0.376 e. The van der Waals surface area contributed by atoms with Crippen LogP contribution in [0.15, 0.2) is 24.3 Å². The van der Waals surface area contributed by atoms with E-state index < -0.39 is 16.1 Å². The molecule has 0 amide bonds. The SMILES string of the molecule is C#CCN(CC1CC1)S(=O)(=O)CC(OC)c1ccc(F)cc1. The molecule has 2 rings (SSSR count). The molecule has 120 valence electrons. The van der Waals surface area contributed by atoms with Gasteiger partial charge < -0.3 is 4.74 Å². The summed E-state index contributed by atoms with van der Waals surface area (Å²) in [6.07, 6.45) is 6.72. The Balaban J connectivity index is 2.12. The maximum Gasteiger partial charge on any atom is 0.217 e. The molecule has 1 saturated carbocycles. The van der Waals surface area contributed by atoms with Gasteiger partial charge >= 0.3 is 0 Å². The first-order chi connectivity index (χ1) is 10.5. The summed E-state index contributed by atoms with van der Waals surface area (Å²) in [5.41, 5.74) is 0.625. The maximum atomic E-state index is 13.0. The van der Waals surface area contributed by atoms with E-state index >= 15 is 0 Å². The van der Waals surface area contributed by atoms with E-state index in [4.69, 9.17) is 11.2 Å². The first-order valence-electron chi connectivity index (χ1n) is 7.16. The summed E-state index contributed by atoms with van der Waals surface area (Å²) in [5, 5.41) is 0. The van der Waals surface area contributed by atoms with Crippen molar-refractivity contribution in [1.29, 1.82) is 0 Å². The minimum absolute atomic E-state index is 0.0681. The predicted octanol–water partition coefficient (Wildman–Crippen LogP) is 2.19. The molecule has 6 heteroatoms. The molecule has 0 aliphatic heterocycles. The zero-order chi connectivity index (χ0) is 16.2. The Kier molecular flexibility index (Phi) is 5.57. The molecule has 1 aliphatic rings. The average Bonchev–Trinajstić information content (AvgIpc) is 3.29. The lowest BCUT2D eigenvalue weighted by Gasteiger charge is -2.23. The lowest BCUT2D eigenvalue weighted by Crippen LogP contribution is -2.37. The third kappa shape index (κ3) is 4.54. The lowest BCUT2D eigenvalue weighted by molar-refractivity contribution is 0.120. The molecule has 1 aliphatic carbocycles. The minimum atomic E-state index is -3.54. The van der Waals surface area contributed by atoms with Crippen LogP contribution in [0.4, 0.5) is 4.39 Å². The normalized spacial score (nSPS) is 16.5. The van der Waals surface area contributed by atoms with E-state index in [1.54, 1.807) is 0 Å². The van der Waals surface area contributed by atoms with Gasteiger partial charge in [0.2, 0.25) is 10.0 Å². The number of halogens is 1. The second kappa shape index (κ2) is 7.23. The zero-order valence-electron chi connectivity index (χ0n) is 12.5. The molecule has 22 heavy (non-hydrogen) atoms. The number of benzene rings is 1. The Morgan fingerprint density at radius 2 is 2.05 bits per heavy atom. The van der Waals surface area contributed by atoms with Gasteiger partial charge in [0.25, 0.3) is 0 Å². The number of sulfonamides is 1. The molecule has 0 N–H and O–H groups in total. The Bertz CT molecular complexity index is 632. The largest absolute Gasteiger partial charge is 0.376 e. The Morgan fingerprint density at radius 1 is 1.41 bits per heavy atom. The van der Waals surface area contributed by atoms with Crippen molar-refractivity contribution < 1.29 is 17.5 Å². The predicted molar refractivity (Wildman–Crippen MR) is 83.1 cm³/mol. The standard InChI is InChI=1S/C16H20FNO3S/c1-3-10-18(11-13-4-5-13)22(19,20)12-16(21-2)14-6-8-15(17)9-7-14/h1,6-9,13,16H,4-5,10-12H2,2H3. The van der Waals surface area contributed by atoms with Crippen molar-refractivity contribution in [2.24, 2.45) is 5.92 Å². The molecule has 0 spiro atoms. The van der Waals surface area contributed by atoms with Crippen molar-refractivity contribution in [3.63, 3.8) is 0 Å². The van der Waals surface area contributed by atoms with Crippen LogP contribution in [0.1, 0.15) is 24.5 Å². The number of hydrogen-bond donors (Lipinski definition) is 0. The number of rotatable bonds is 8. The second-order valence-electron chi connectivity index (χ2n) is 5.49. The van der Waals surface area contributed by atoms with Crippen LogP contribution in [-0.4, -0.2) is 38.7 Å². The van der Waals surface area contributed by atoms with Gasteiger partial charge in [0, 0.05) is 13.7 Å². The molecular weight excluding hydrogens is 305 g/mol. The average molecular weight is 325 g/mol. The van der Waals surface area contributed by atoms with E-state index in [0.717, 1.165) is 12.8 Å². The molecule has 0 bridgehead atoms. The topological polar surface area (TPSA) is 46.6 Å². The van der Waals surface area contributed by atoms with Crippen LogP contribution >= 0.6 is 0 Å². The molecular formula is C16H20FNO3S. The number of terminal acetylenes is 1. The second-order valence-corrected chi connectivity index (χ2v) is 7.51. The summed E-state index contributed by atoms with van der Waals surface area (Å²) >= 11 is 0. The van der Waals surface area contributed by atoms with E-state index in [1.165, 1.54) is 35.7 Å². The van der Waals surface area contributed by atoms with E-state index in [1.807, 2.05) is 0 Å². The Labute approximate surface area is 131 Å². The van der Waals surface area contributed by atoms with Crippen LogP contribution in [0.3, 0.4) is 0 Å². The molecule has 1 unspecified atom stereocenters. The van der Waals surface area contributed by atoms with E-state index in [9.17, 15) is 12.8 Å². The van der Waals surface area contributed by atoms with Gasteiger partial charge in [-0.05, 0) is 36.5 Å². The first-order valence-corrected chi connectivity index (χ1v) is 8.76. The van der Waals surface area contributed by atoms with Gasteiger partial charge in [-0.25, -0.2) is 12.8 Å². The van der Waals surface area contributed by atoms with Crippen molar-refractivity contribution in [3.8, 4) is 12.3 Å². The van der Waals surface area contributed by atoms with Crippen molar-refractivity contribution in [2.45, 2.75) is 18.9 Å². The smallest absolute Gasteiger partial charge is 0.217 e. The molecule has 1 aromatic carbocycles. The highest BCUT2D eigenvalue weighted by Crippen LogP contribution is 2.31. The van der Waals surface area contributed by atoms with Crippen molar-refractivity contribution >= 4 is 10.0 Å². The zero-order valence-corrected chi connectivity index (χ0v) is 13.4. The molecule has 1 fully saturated rings. The van der Waals surface area contributed by atoms with E-state index in [2.05, 4.69) is 5.92 Å². The summed E-state index contributed by atoms with van der Waals surface area (Å²) in [5.74, 6) is 2.24. The number of nitrogens with zero attached hydrogens (tertiary/aromatic N) is 1. The van der Waals surface area contributed by atoms with Crippen LogP contribution in [0.5, 0.6) is 0 Å².